The van der Waals surface area contributed by atoms with Crippen molar-refractivity contribution < 1.29 is 14.3 Å². The SMILES string of the molecule is COC(=O)c1ccc(Oc2ccccc2C#N)nn1. The Bertz CT molecular complexity index is 632. The number of ether oxygens (including phenoxy) is 2. The lowest BCUT2D eigenvalue weighted by molar-refractivity contribution is 0.0592. The van der Waals surface area contributed by atoms with Crippen molar-refractivity contribution in [1.82, 2.24) is 10.2 Å². The van der Waals surface area contributed by atoms with Crippen molar-refractivity contribution in [3.05, 3.63) is 47.7 Å². The topological polar surface area (TPSA) is 85.1 Å². The second-order valence-corrected chi connectivity index (χ2v) is 3.46. The maximum atomic E-state index is 11.2. The van der Waals surface area contributed by atoms with E-state index >= 15 is 0 Å². The molecule has 2 rings (SSSR count). The Labute approximate surface area is 109 Å². The lowest BCUT2D eigenvalue weighted by Gasteiger charge is -2.05. The molecule has 0 N–H and O–H groups in total. The van der Waals surface area contributed by atoms with Crippen molar-refractivity contribution in [3.63, 3.8) is 0 Å². The molecule has 0 fully saturated rings. The highest BCUT2D eigenvalue weighted by Gasteiger charge is 2.09. The summed E-state index contributed by atoms with van der Waals surface area (Å²) in [6.45, 7) is 0. The van der Waals surface area contributed by atoms with Gasteiger partial charge in [0.2, 0.25) is 5.88 Å². The Balaban J connectivity index is 2.20. The zero-order chi connectivity index (χ0) is 13.7. The van der Waals surface area contributed by atoms with E-state index in [-0.39, 0.29) is 11.6 Å². The standard InChI is InChI=1S/C13H9N3O3/c1-18-13(17)10-6-7-12(16-15-10)19-11-5-3-2-4-9(11)8-14/h2-7H,1H3. The van der Waals surface area contributed by atoms with Crippen molar-refractivity contribution in [2.24, 2.45) is 0 Å². The molecule has 0 atom stereocenters. The largest absolute Gasteiger partial charge is 0.464 e. The van der Waals surface area contributed by atoms with Gasteiger partial charge < -0.3 is 9.47 Å². The first-order valence-corrected chi connectivity index (χ1v) is 5.33. The quantitative estimate of drug-likeness (QED) is 0.779. The third-order valence-corrected chi connectivity index (χ3v) is 2.26. The molecule has 2 aromatic rings. The number of methoxy groups -OCH3 is 1. The predicted molar refractivity (Wildman–Crippen MR) is 64.6 cm³/mol. The van der Waals surface area contributed by atoms with Gasteiger partial charge in [-0.05, 0) is 18.2 Å². The Hall–Kier alpha value is -2.94. The van der Waals surface area contributed by atoms with E-state index in [1.54, 1.807) is 24.3 Å². The van der Waals surface area contributed by atoms with Gasteiger partial charge in [-0.2, -0.15) is 5.26 Å². The number of para-hydroxylation sites is 1. The van der Waals surface area contributed by atoms with Crippen LogP contribution in [-0.4, -0.2) is 23.3 Å². The van der Waals surface area contributed by atoms with Gasteiger partial charge in [-0.25, -0.2) is 4.79 Å². The van der Waals surface area contributed by atoms with Crippen molar-refractivity contribution in [2.75, 3.05) is 7.11 Å². The number of rotatable bonds is 3. The van der Waals surface area contributed by atoms with Crippen LogP contribution < -0.4 is 4.74 Å². The first-order valence-electron chi connectivity index (χ1n) is 5.33. The average molecular weight is 255 g/mol. The Kier molecular flexibility index (Phi) is 3.69. The molecule has 94 valence electrons. The number of aromatic nitrogens is 2. The van der Waals surface area contributed by atoms with Crippen LogP contribution in [0.3, 0.4) is 0 Å². The second kappa shape index (κ2) is 5.60. The lowest BCUT2D eigenvalue weighted by atomic mass is 10.2. The highest BCUT2D eigenvalue weighted by Crippen LogP contribution is 2.22. The van der Waals surface area contributed by atoms with Gasteiger partial charge in [-0.3, -0.25) is 0 Å². The highest BCUT2D eigenvalue weighted by atomic mass is 16.5. The van der Waals surface area contributed by atoms with Gasteiger partial charge in [0.15, 0.2) is 5.69 Å². The summed E-state index contributed by atoms with van der Waals surface area (Å²) >= 11 is 0. The Morgan fingerprint density at radius 2 is 2.00 bits per heavy atom. The molecule has 1 aromatic carbocycles. The van der Waals surface area contributed by atoms with Crippen LogP contribution in [0.5, 0.6) is 11.6 Å². The highest BCUT2D eigenvalue weighted by molar-refractivity contribution is 5.86. The number of carbonyl (C=O) groups is 1. The molecule has 0 bridgehead atoms. The minimum Gasteiger partial charge on any atom is -0.464 e. The van der Waals surface area contributed by atoms with Crippen LogP contribution in [0.2, 0.25) is 0 Å². The predicted octanol–water partition coefficient (Wildman–Crippen LogP) is 1.93. The van der Waals surface area contributed by atoms with Crippen LogP contribution in [-0.2, 0) is 4.74 Å². The molecule has 0 aliphatic rings. The minimum atomic E-state index is -0.573. The maximum absolute atomic E-state index is 11.2. The number of benzene rings is 1. The van der Waals surface area contributed by atoms with Crippen LogP contribution in [0.15, 0.2) is 36.4 Å². The van der Waals surface area contributed by atoms with Gasteiger partial charge in [-0.15, -0.1) is 10.2 Å². The molecular weight excluding hydrogens is 246 g/mol. The van der Waals surface area contributed by atoms with E-state index in [1.807, 2.05) is 6.07 Å². The van der Waals surface area contributed by atoms with Crippen molar-refractivity contribution >= 4 is 5.97 Å². The molecule has 0 unspecified atom stereocenters. The first kappa shape index (κ1) is 12.5. The fourth-order valence-electron chi connectivity index (χ4n) is 1.35. The molecule has 0 aliphatic carbocycles. The summed E-state index contributed by atoms with van der Waals surface area (Å²) in [5.41, 5.74) is 0.477. The van der Waals surface area contributed by atoms with E-state index in [9.17, 15) is 4.79 Å². The molecule has 1 aromatic heterocycles. The van der Waals surface area contributed by atoms with Gasteiger partial charge in [0, 0.05) is 6.07 Å². The molecule has 0 spiro atoms. The van der Waals surface area contributed by atoms with Crippen LogP contribution in [0.1, 0.15) is 16.1 Å². The maximum Gasteiger partial charge on any atom is 0.358 e. The fraction of sp³-hybridized carbons (Fsp3) is 0.0769. The van der Waals surface area contributed by atoms with E-state index in [0.29, 0.717) is 11.3 Å². The van der Waals surface area contributed by atoms with E-state index in [2.05, 4.69) is 14.9 Å². The molecule has 0 aliphatic heterocycles. The van der Waals surface area contributed by atoms with Gasteiger partial charge >= 0.3 is 5.97 Å². The Morgan fingerprint density at radius 3 is 2.63 bits per heavy atom. The van der Waals surface area contributed by atoms with E-state index in [1.165, 1.54) is 19.2 Å². The molecule has 19 heavy (non-hydrogen) atoms. The normalized spacial score (nSPS) is 9.47. The summed E-state index contributed by atoms with van der Waals surface area (Å²) in [5, 5.41) is 16.3. The first-order chi connectivity index (χ1) is 9.24. The van der Waals surface area contributed by atoms with Gasteiger partial charge in [0.1, 0.15) is 11.8 Å². The number of nitriles is 1. The number of hydrogen-bond donors (Lipinski definition) is 0. The van der Waals surface area contributed by atoms with Gasteiger partial charge in [0.25, 0.3) is 0 Å². The van der Waals surface area contributed by atoms with Crippen molar-refractivity contribution in [1.29, 1.82) is 5.26 Å². The van der Waals surface area contributed by atoms with Gasteiger partial charge in [-0.1, -0.05) is 12.1 Å². The smallest absolute Gasteiger partial charge is 0.358 e. The lowest BCUT2D eigenvalue weighted by Crippen LogP contribution is -2.05. The summed E-state index contributed by atoms with van der Waals surface area (Å²) in [7, 11) is 1.26. The molecule has 1 heterocycles. The summed E-state index contributed by atoms with van der Waals surface area (Å²) < 4.78 is 9.93. The second-order valence-electron chi connectivity index (χ2n) is 3.46. The summed E-state index contributed by atoms with van der Waals surface area (Å²) in [5.74, 6) is -0.00283. The number of esters is 1. The fourth-order valence-corrected chi connectivity index (χ4v) is 1.35. The zero-order valence-corrected chi connectivity index (χ0v) is 10.0. The molecule has 6 heteroatoms. The van der Waals surface area contributed by atoms with Crippen LogP contribution in [0, 0.1) is 11.3 Å². The summed E-state index contributed by atoms with van der Waals surface area (Å²) in [6, 6.07) is 11.7. The van der Waals surface area contributed by atoms with Crippen molar-refractivity contribution in [3.8, 4) is 17.7 Å². The van der Waals surface area contributed by atoms with Gasteiger partial charge in [0.05, 0.1) is 12.7 Å². The monoisotopic (exact) mass is 255 g/mol. The van der Waals surface area contributed by atoms with Crippen molar-refractivity contribution in [2.45, 2.75) is 0 Å². The Morgan fingerprint density at radius 1 is 1.21 bits per heavy atom. The van der Waals surface area contributed by atoms with E-state index < -0.39 is 5.97 Å². The third-order valence-electron chi connectivity index (χ3n) is 2.26. The zero-order valence-electron chi connectivity index (χ0n) is 10.0. The average Bonchev–Trinajstić information content (AvgIpc) is 2.48. The van der Waals surface area contributed by atoms with Crippen LogP contribution in [0.4, 0.5) is 0 Å². The molecule has 6 nitrogen and oxygen atoms in total. The molecular formula is C13H9N3O3. The minimum absolute atomic E-state index is 0.0865. The number of carbonyl (C=O) groups excluding carboxylic acids is 1. The number of nitrogens with zero attached hydrogens (tertiary/aromatic N) is 3. The molecule has 0 saturated heterocycles. The van der Waals surface area contributed by atoms with E-state index in [4.69, 9.17) is 10.00 Å². The third kappa shape index (κ3) is 2.84. The van der Waals surface area contributed by atoms with E-state index in [0.717, 1.165) is 0 Å². The summed E-state index contributed by atoms with van der Waals surface area (Å²) in [6.07, 6.45) is 0. The summed E-state index contributed by atoms with van der Waals surface area (Å²) in [4.78, 5) is 11.2. The molecule has 0 saturated carbocycles. The number of hydrogen-bond acceptors (Lipinski definition) is 6. The van der Waals surface area contributed by atoms with Crippen LogP contribution >= 0.6 is 0 Å². The molecule has 0 amide bonds. The molecule has 0 radical (unpaired) electrons. The van der Waals surface area contributed by atoms with Crippen LogP contribution in [0.25, 0.3) is 0 Å².